The Bertz CT molecular complexity index is 390. The molecule has 0 radical (unpaired) electrons. The number of aliphatic hydroxyl groups excluding tert-OH is 1. The lowest BCUT2D eigenvalue weighted by Crippen LogP contribution is -2.36. The second-order valence-corrected chi connectivity index (χ2v) is 3.51. The van der Waals surface area contributed by atoms with Crippen molar-refractivity contribution in [3.05, 3.63) is 29.8 Å². The summed E-state index contributed by atoms with van der Waals surface area (Å²) in [6.07, 6.45) is -4.85. The van der Waals surface area contributed by atoms with Crippen molar-refractivity contribution in [1.82, 2.24) is 0 Å². The van der Waals surface area contributed by atoms with Gasteiger partial charge in [0.25, 0.3) is 5.92 Å². The largest absolute Gasteiger partial charge is 0.573 e. The van der Waals surface area contributed by atoms with E-state index < -0.39 is 30.7 Å². The van der Waals surface area contributed by atoms with E-state index in [1.165, 1.54) is 0 Å². The number of hydrogen-bond acceptors (Lipinski definition) is 3. The lowest BCUT2D eigenvalue weighted by molar-refractivity contribution is -0.274. The average molecular weight is 271 g/mol. The minimum Gasteiger partial charge on any atom is -0.406 e. The van der Waals surface area contributed by atoms with E-state index in [-0.39, 0.29) is 5.56 Å². The molecule has 0 amide bonds. The highest BCUT2D eigenvalue weighted by Gasteiger charge is 2.37. The zero-order valence-electron chi connectivity index (χ0n) is 8.92. The lowest BCUT2D eigenvalue weighted by atomic mass is 10.0. The Hall–Kier alpha value is -1.41. The molecule has 3 N–H and O–H groups in total. The third-order valence-electron chi connectivity index (χ3n) is 2.14. The van der Waals surface area contributed by atoms with Crippen LogP contribution in [0.25, 0.3) is 0 Å². The van der Waals surface area contributed by atoms with Gasteiger partial charge in [-0.3, -0.25) is 0 Å². The molecular weight excluding hydrogens is 261 g/mol. The average Bonchev–Trinajstić information content (AvgIpc) is 2.27. The lowest BCUT2D eigenvalue weighted by Gasteiger charge is -2.21. The molecule has 1 rings (SSSR count). The van der Waals surface area contributed by atoms with Crippen LogP contribution in [0.1, 0.15) is 11.6 Å². The Morgan fingerprint density at radius 1 is 1.11 bits per heavy atom. The monoisotopic (exact) mass is 271 g/mol. The summed E-state index contributed by atoms with van der Waals surface area (Å²) in [5.41, 5.74) is 5.08. The first kappa shape index (κ1) is 14.7. The van der Waals surface area contributed by atoms with E-state index in [4.69, 9.17) is 10.8 Å². The number of aliphatic hydroxyl groups is 1. The normalized spacial score (nSPS) is 14.4. The molecule has 1 aromatic carbocycles. The molecule has 0 unspecified atom stereocenters. The molecule has 0 bridgehead atoms. The summed E-state index contributed by atoms with van der Waals surface area (Å²) >= 11 is 0. The fraction of sp³-hybridized carbons (Fsp3) is 0.400. The molecule has 0 saturated heterocycles. The van der Waals surface area contributed by atoms with Gasteiger partial charge in [-0.15, -0.1) is 13.2 Å². The number of benzene rings is 1. The van der Waals surface area contributed by atoms with Crippen LogP contribution in [0.15, 0.2) is 24.3 Å². The molecule has 0 aliphatic heterocycles. The van der Waals surface area contributed by atoms with Crippen molar-refractivity contribution in [2.45, 2.75) is 18.3 Å². The Balaban J connectivity index is 2.83. The maximum Gasteiger partial charge on any atom is 0.573 e. The highest BCUT2D eigenvalue weighted by atomic mass is 19.4. The van der Waals surface area contributed by atoms with Crippen LogP contribution in [0.2, 0.25) is 0 Å². The fourth-order valence-electron chi connectivity index (χ4n) is 1.22. The molecule has 0 aliphatic carbocycles. The molecule has 1 aromatic rings. The standard InChI is InChI=1S/C10H10F5NO2/c11-9(12,5-17)8(16)6-1-3-7(4-2-6)18-10(13,14)15/h1-4,8,17H,5,16H2/t8-/m1/s1. The zero-order valence-corrected chi connectivity index (χ0v) is 8.92. The Labute approximate surface area is 99.0 Å². The smallest absolute Gasteiger partial charge is 0.406 e. The van der Waals surface area contributed by atoms with Crippen LogP contribution in [-0.4, -0.2) is 24.0 Å². The Morgan fingerprint density at radius 3 is 2.00 bits per heavy atom. The van der Waals surface area contributed by atoms with Crippen LogP contribution >= 0.6 is 0 Å². The van der Waals surface area contributed by atoms with Gasteiger partial charge in [-0.2, -0.15) is 0 Å². The van der Waals surface area contributed by atoms with Crippen LogP contribution in [0.3, 0.4) is 0 Å². The van der Waals surface area contributed by atoms with E-state index in [1.54, 1.807) is 0 Å². The molecular formula is C10H10F5NO2. The predicted molar refractivity (Wildman–Crippen MR) is 52.1 cm³/mol. The minimum atomic E-state index is -4.85. The molecule has 0 fully saturated rings. The number of nitrogens with two attached hydrogens (primary N) is 1. The van der Waals surface area contributed by atoms with E-state index in [0.717, 1.165) is 24.3 Å². The van der Waals surface area contributed by atoms with E-state index in [9.17, 15) is 22.0 Å². The number of rotatable bonds is 4. The van der Waals surface area contributed by atoms with Gasteiger partial charge in [-0.1, -0.05) is 12.1 Å². The van der Waals surface area contributed by atoms with Crippen LogP contribution in [-0.2, 0) is 0 Å². The van der Waals surface area contributed by atoms with Crippen molar-refractivity contribution in [3.8, 4) is 5.75 Å². The van der Waals surface area contributed by atoms with E-state index in [1.807, 2.05) is 0 Å². The van der Waals surface area contributed by atoms with Gasteiger partial charge < -0.3 is 15.6 Å². The van der Waals surface area contributed by atoms with E-state index in [0.29, 0.717) is 0 Å². The summed E-state index contributed by atoms with van der Waals surface area (Å²) in [6.45, 7) is -1.45. The van der Waals surface area contributed by atoms with Gasteiger partial charge >= 0.3 is 6.36 Å². The first-order valence-electron chi connectivity index (χ1n) is 4.75. The second-order valence-electron chi connectivity index (χ2n) is 3.51. The van der Waals surface area contributed by atoms with Gasteiger partial charge in [-0.25, -0.2) is 8.78 Å². The summed E-state index contributed by atoms with van der Waals surface area (Å²) in [4.78, 5) is 0. The quantitative estimate of drug-likeness (QED) is 0.825. The van der Waals surface area contributed by atoms with Crippen LogP contribution < -0.4 is 10.5 Å². The van der Waals surface area contributed by atoms with Gasteiger partial charge in [0.05, 0.1) is 6.04 Å². The topological polar surface area (TPSA) is 55.5 Å². The minimum absolute atomic E-state index is 0.108. The number of ether oxygens (including phenoxy) is 1. The maximum absolute atomic E-state index is 13.0. The molecule has 18 heavy (non-hydrogen) atoms. The van der Waals surface area contributed by atoms with Gasteiger partial charge in [0.2, 0.25) is 0 Å². The molecule has 1 atom stereocenters. The van der Waals surface area contributed by atoms with Gasteiger partial charge in [0.15, 0.2) is 0 Å². The van der Waals surface area contributed by atoms with Crippen molar-refractivity contribution < 1.29 is 31.8 Å². The zero-order chi connectivity index (χ0) is 14.0. The second kappa shape index (κ2) is 5.07. The van der Waals surface area contributed by atoms with Gasteiger partial charge in [0.1, 0.15) is 12.4 Å². The van der Waals surface area contributed by atoms with Crippen molar-refractivity contribution in [1.29, 1.82) is 0 Å². The number of hydrogen-bond donors (Lipinski definition) is 2. The highest BCUT2D eigenvalue weighted by molar-refractivity contribution is 5.30. The molecule has 0 heterocycles. The SMILES string of the molecule is N[C@H](c1ccc(OC(F)(F)F)cc1)C(F)(F)CO. The third kappa shape index (κ3) is 3.81. The number of alkyl halides is 5. The molecule has 0 saturated carbocycles. The Kier molecular flexibility index (Phi) is 4.12. The summed E-state index contributed by atoms with van der Waals surface area (Å²) < 4.78 is 65.1. The predicted octanol–water partition coefficient (Wildman–Crippen LogP) is 2.21. The Morgan fingerprint density at radius 2 is 1.61 bits per heavy atom. The molecule has 0 aliphatic rings. The summed E-state index contributed by atoms with van der Waals surface area (Å²) in [7, 11) is 0. The van der Waals surface area contributed by atoms with Gasteiger partial charge in [-0.05, 0) is 17.7 Å². The van der Waals surface area contributed by atoms with Crippen molar-refractivity contribution in [2.24, 2.45) is 5.73 Å². The molecule has 102 valence electrons. The summed E-state index contributed by atoms with van der Waals surface area (Å²) in [6, 6.07) is 1.90. The van der Waals surface area contributed by atoms with Crippen molar-refractivity contribution >= 4 is 0 Å². The number of halogens is 5. The highest BCUT2D eigenvalue weighted by Crippen LogP contribution is 2.30. The molecule has 0 aromatic heterocycles. The van der Waals surface area contributed by atoms with Crippen LogP contribution in [0, 0.1) is 0 Å². The summed E-state index contributed by atoms with van der Waals surface area (Å²) in [5, 5.41) is 8.43. The fourth-order valence-corrected chi connectivity index (χ4v) is 1.22. The molecule has 8 heteroatoms. The van der Waals surface area contributed by atoms with E-state index in [2.05, 4.69) is 4.74 Å². The van der Waals surface area contributed by atoms with Crippen LogP contribution in [0.5, 0.6) is 5.75 Å². The van der Waals surface area contributed by atoms with Gasteiger partial charge in [0, 0.05) is 0 Å². The van der Waals surface area contributed by atoms with Crippen LogP contribution in [0.4, 0.5) is 22.0 Å². The van der Waals surface area contributed by atoms with E-state index >= 15 is 0 Å². The molecule has 0 spiro atoms. The molecule has 3 nitrogen and oxygen atoms in total. The third-order valence-corrected chi connectivity index (χ3v) is 2.14. The van der Waals surface area contributed by atoms with Crippen molar-refractivity contribution in [2.75, 3.05) is 6.61 Å². The maximum atomic E-state index is 13.0. The first-order chi connectivity index (χ1) is 8.15. The first-order valence-corrected chi connectivity index (χ1v) is 4.75. The summed E-state index contributed by atoms with van der Waals surface area (Å²) in [5.74, 6) is -4.09. The van der Waals surface area contributed by atoms with Crippen molar-refractivity contribution in [3.63, 3.8) is 0 Å².